The molecule has 0 bridgehead atoms. The van der Waals surface area contributed by atoms with Crippen molar-refractivity contribution in [2.45, 2.75) is 6.42 Å². The zero-order valence-electron chi connectivity index (χ0n) is 8.84. The first-order chi connectivity index (χ1) is 7.81. The average molecular weight is 233 g/mol. The second kappa shape index (κ2) is 4.90. The Morgan fingerprint density at radius 3 is 2.94 bits per heavy atom. The summed E-state index contributed by atoms with van der Waals surface area (Å²) in [6.45, 7) is 0. The molecule has 0 fully saturated rings. The Hall–Kier alpha value is -1.68. The number of aromatic nitrogens is 1. The number of nitrogens with zero attached hydrogens (tertiary/aromatic N) is 1. The molecule has 0 amide bonds. The largest absolute Gasteiger partial charge is 0.496 e. The fourth-order valence-electron chi connectivity index (χ4n) is 1.46. The molecular weight excluding hydrogens is 222 g/mol. The predicted molar refractivity (Wildman–Crippen MR) is 63.1 cm³/mol. The molecule has 1 heterocycles. The van der Waals surface area contributed by atoms with Gasteiger partial charge >= 0.3 is 0 Å². The minimum atomic E-state index is 0.0192. The third-order valence-electron chi connectivity index (χ3n) is 2.26. The van der Waals surface area contributed by atoms with E-state index in [0.717, 1.165) is 11.3 Å². The minimum absolute atomic E-state index is 0.0192. The first-order valence-corrected chi connectivity index (χ1v) is 5.79. The number of Topliss-reactive ketones (excluding diaryl/α,β-unsaturated/α-hetero) is 1. The molecule has 0 saturated carbocycles. The number of ketones is 1. The van der Waals surface area contributed by atoms with Gasteiger partial charge in [-0.3, -0.25) is 4.79 Å². The van der Waals surface area contributed by atoms with Crippen LogP contribution in [0.1, 0.15) is 16.1 Å². The number of carbonyl (C=O) groups is 1. The van der Waals surface area contributed by atoms with E-state index in [1.54, 1.807) is 18.0 Å². The monoisotopic (exact) mass is 233 g/mol. The Morgan fingerprint density at radius 1 is 1.44 bits per heavy atom. The van der Waals surface area contributed by atoms with Gasteiger partial charge < -0.3 is 4.74 Å². The summed E-state index contributed by atoms with van der Waals surface area (Å²) in [5, 5.41) is 1.76. The van der Waals surface area contributed by atoms with E-state index in [9.17, 15) is 4.79 Å². The molecule has 0 N–H and O–H groups in total. The normalized spacial score (nSPS) is 10.1. The second-order valence-electron chi connectivity index (χ2n) is 3.29. The average Bonchev–Trinajstić information content (AvgIpc) is 2.83. The molecule has 0 aliphatic heterocycles. The summed E-state index contributed by atoms with van der Waals surface area (Å²) in [7, 11) is 1.60. The van der Waals surface area contributed by atoms with Crippen molar-refractivity contribution in [3.05, 3.63) is 46.4 Å². The van der Waals surface area contributed by atoms with Crippen molar-refractivity contribution in [2.24, 2.45) is 0 Å². The predicted octanol–water partition coefficient (Wildman–Crippen LogP) is 2.58. The number of methoxy groups -OCH3 is 1. The number of carbonyl (C=O) groups excluding carboxylic acids is 1. The Labute approximate surface area is 97.7 Å². The molecule has 1 aromatic carbocycles. The molecule has 2 rings (SSSR count). The number of hydrogen-bond acceptors (Lipinski definition) is 4. The van der Waals surface area contributed by atoms with E-state index in [4.69, 9.17) is 4.74 Å². The molecule has 0 atom stereocenters. The van der Waals surface area contributed by atoms with Crippen LogP contribution in [0.3, 0.4) is 0 Å². The van der Waals surface area contributed by atoms with E-state index in [1.165, 1.54) is 11.3 Å². The van der Waals surface area contributed by atoms with Crippen molar-refractivity contribution < 1.29 is 9.53 Å². The molecule has 0 unspecified atom stereocenters. The highest BCUT2D eigenvalue weighted by molar-refractivity contribution is 7.07. The van der Waals surface area contributed by atoms with Gasteiger partial charge in [0.1, 0.15) is 11.4 Å². The topological polar surface area (TPSA) is 39.2 Å². The number of thiazole rings is 1. The second-order valence-corrected chi connectivity index (χ2v) is 4.00. The lowest BCUT2D eigenvalue weighted by Gasteiger charge is -2.06. The quantitative estimate of drug-likeness (QED) is 0.762. The van der Waals surface area contributed by atoms with Crippen LogP contribution in [0.5, 0.6) is 5.75 Å². The number of para-hydroxylation sites is 1. The first-order valence-electron chi connectivity index (χ1n) is 4.84. The van der Waals surface area contributed by atoms with Gasteiger partial charge in [0.25, 0.3) is 0 Å². The molecule has 16 heavy (non-hydrogen) atoms. The van der Waals surface area contributed by atoms with Crippen molar-refractivity contribution in [1.82, 2.24) is 4.98 Å². The van der Waals surface area contributed by atoms with Crippen LogP contribution in [-0.4, -0.2) is 17.9 Å². The Bertz CT molecular complexity index is 480. The SMILES string of the molecule is COc1ccccc1CC(=O)c1cscn1. The van der Waals surface area contributed by atoms with Crippen molar-refractivity contribution in [2.75, 3.05) is 7.11 Å². The van der Waals surface area contributed by atoms with Crippen molar-refractivity contribution in [3.8, 4) is 5.75 Å². The maximum atomic E-state index is 11.8. The van der Waals surface area contributed by atoms with Gasteiger partial charge in [-0.2, -0.15) is 0 Å². The number of rotatable bonds is 4. The summed E-state index contributed by atoms with van der Waals surface area (Å²) in [5.41, 5.74) is 3.08. The Morgan fingerprint density at radius 2 is 2.25 bits per heavy atom. The van der Waals surface area contributed by atoms with E-state index >= 15 is 0 Å². The van der Waals surface area contributed by atoms with Crippen LogP contribution >= 0.6 is 11.3 Å². The van der Waals surface area contributed by atoms with Crippen molar-refractivity contribution in [1.29, 1.82) is 0 Å². The van der Waals surface area contributed by atoms with Gasteiger partial charge in [-0.1, -0.05) is 18.2 Å². The first kappa shape index (κ1) is 10.8. The summed E-state index contributed by atoms with van der Waals surface area (Å²) in [6, 6.07) is 7.52. The molecule has 0 saturated heterocycles. The van der Waals surface area contributed by atoms with Crippen LogP contribution in [0.2, 0.25) is 0 Å². The summed E-state index contributed by atoms with van der Waals surface area (Å²) in [6.07, 6.45) is 0.327. The van der Waals surface area contributed by atoms with E-state index in [1.807, 2.05) is 24.3 Å². The van der Waals surface area contributed by atoms with Gasteiger partial charge in [-0.15, -0.1) is 11.3 Å². The van der Waals surface area contributed by atoms with Crippen LogP contribution in [0.25, 0.3) is 0 Å². The van der Waals surface area contributed by atoms with Gasteiger partial charge in [0.15, 0.2) is 5.78 Å². The highest BCUT2D eigenvalue weighted by Crippen LogP contribution is 2.19. The third kappa shape index (κ3) is 2.28. The van der Waals surface area contributed by atoms with Gasteiger partial charge in [0.05, 0.1) is 12.6 Å². The summed E-state index contributed by atoms with van der Waals surface area (Å²) in [4.78, 5) is 15.8. The van der Waals surface area contributed by atoms with Gasteiger partial charge in [-0.05, 0) is 6.07 Å². The van der Waals surface area contributed by atoms with Crippen molar-refractivity contribution in [3.63, 3.8) is 0 Å². The van der Waals surface area contributed by atoms with Crippen molar-refractivity contribution >= 4 is 17.1 Å². The molecule has 0 aliphatic carbocycles. The molecule has 0 radical (unpaired) electrons. The zero-order valence-corrected chi connectivity index (χ0v) is 9.66. The minimum Gasteiger partial charge on any atom is -0.496 e. The zero-order chi connectivity index (χ0) is 11.4. The van der Waals surface area contributed by atoms with Crippen LogP contribution in [0, 0.1) is 0 Å². The number of hydrogen-bond donors (Lipinski definition) is 0. The lowest BCUT2D eigenvalue weighted by molar-refractivity contribution is 0.0988. The molecule has 82 valence electrons. The van der Waals surface area contributed by atoms with Gasteiger partial charge in [-0.25, -0.2) is 4.98 Å². The maximum absolute atomic E-state index is 11.8. The summed E-state index contributed by atoms with van der Waals surface area (Å²) < 4.78 is 5.19. The Kier molecular flexibility index (Phi) is 3.31. The fourth-order valence-corrected chi connectivity index (χ4v) is 2.02. The smallest absolute Gasteiger partial charge is 0.186 e. The summed E-state index contributed by atoms with van der Waals surface area (Å²) in [5.74, 6) is 0.761. The highest BCUT2D eigenvalue weighted by Gasteiger charge is 2.11. The van der Waals surface area contributed by atoms with Gasteiger partial charge in [0.2, 0.25) is 0 Å². The lowest BCUT2D eigenvalue weighted by Crippen LogP contribution is -2.05. The third-order valence-corrected chi connectivity index (χ3v) is 2.85. The van der Waals surface area contributed by atoms with Crippen LogP contribution < -0.4 is 4.74 Å². The van der Waals surface area contributed by atoms with E-state index < -0.39 is 0 Å². The van der Waals surface area contributed by atoms with Gasteiger partial charge in [0, 0.05) is 17.4 Å². The molecule has 0 aliphatic rings. The summed E-state index contributed by atoms with van der Waals surface area (Å²) >= 11 is 1.43. The molecule has 3 nitrogen and oxygen atoms in total. The fraction of sp³-hybridized carbons (Fsp3) is 0.167. The molecular formula is C12H11NO2S. The Balaban J connectivity index is 2.18. The lowest BCUT2D eigenvalue weighted by atomic mass is 10.1. The van der Waals surface area contributed by atoms with E-state index in [0.29, 0.717) is 12.1 Å². The highest BCUT2D eigenvalue weighted by atomic mass is 32.1. The van der Waals surface area contributed by atoms with E-state index in [2.05, 4.69) is 4.98 Å². The number of ether oxygens (including phenoxy) is 1. The van der Waals surface area contributed by atoms with E-state index in [-0.39, 0.29) is 5.78 Å². The van der Waals surface area contributed by atoms with Crippen LogP contribution in [-0.2, 0) is 6.42 Å². The number of benzene rings is 1. The maximum Gasteiger partial charge on any atom is 0.186 e. The van der Waals surface area contributed by atoms with Crippen LogP contribution in [0.15, 0.2) is 35.2 Å². The molecule has 4 heteroatoms. The molecule has 2 aromatic rings. The molecule has 0 spiro atoms. The standard InChI is InChI=1S/C12H11NO2S/c1-15-12-5-3-2-4-9(12)6-11(14)10-7-16-8-13-10/h2-5,7-8H,6H2,1H3. The van der Waals surface area contributed by atoms with Crippen LogP contribution in [0.4, 0.5) is 0 Å². The molecule has 1 aromatic heterocycles.